The molecule has 3 N–H and O–H groups in total. The van der Waals surface area contributed by atoms with Crippen LogP contribution in [0, 0.1) is 0 Å². The number of amides is 1. The van der Waals surface area contributed by atoms with Gasteiger partial charge in [-0.05, 0) is 27.2 Å². The van der Waals surface area contributed by atoms with E-state index in [0.717, 1.165) is 0 Å². The van der Waals surface area contributed by atoms with Gasteiger partial charge < -0.3 is 15.2 Å². The molecule has 0 aliphatic carbocycles. The summed E-state index contributed by atoms with van der Waals surface area (Å²) >= 11 is 0. The van der Waals surface area contributed by atoms with Gasteiger partial charge in [0.15, 0.2) is 5.75 Å². The van der Waals surface area contributed by atoms with E-state index >= 15 is 0 Å². The lowest BCUT2D eigenvalue weighted by atomic mass is 10.2. The summed E-state index contributed by atoms with van der Waals surface area (Å²) in [5.74, 6) is -2.38. The van der Waals surface area contributed by atoms with Crippen LogP contribution < -0.4 is 10.0 Å². The Labute approximate surface area is 112 Å². The number of carbonyl (C=O) groups is 2. The van der Waals surface area contributed by atoms with Crippen LogP contribution in [-0.2, 0) is 19.6 Å². The Bertz CT molecular complexity index is 412. The minimum absolute atomic E-state index is 0.0470. The summed E-state index contributed by atoms with van der Waals surface area (Å²) in [4.78, 5) is 21.4. The zero-order valence-corrected chi connectivity index (χ0v) is 12.0. The summed E-state index contributed by atoms with van der Waals surface area (Å²) < 4.78 is 29.3. The highest BCUT2D eigenvalue weighted by atomic mass is 32.2. The Hall–Kier alpha value is -1.35. The maximum absolute atomic E-state index is 11.2. The van der Waals surface area contributed by atoms with Crippen molar-refractivity contribution in [3.8, 4) is 0 Å². The van der Waals surface area contributed by atoms with Crippen molar-refractivity contribution in [3.63, 3.8) is 0 Å². The zero-order valence-electron chi connectivity index (χ0n) is 11.2. The van der Waals surface area contributed by atoms with E-state index in [1.807, 2.05) is 0 Å². The highest BCUT2D eigenvalue weighted by Crippen LogP contribution is 2.06. The number of hydrogen-bond acceptors (Lipinski definition) is 5. The van der Waals surface area contributed by atoms with Crippen molar-refractivity contribution in [1.82, 2.24) is 10.0 Å². The van der Waals surface area contributed by atoms with E-state index in [2.05, 4.69) is 10.0 Å². The molecule has 0 atom stereocenters. The summed E-state index contributed by atoms with van der Waals surface area (Å²) in [7, 11) is -3.80. The fourth-order valence-electron chi connectivity index (χ4n) is 1.03. The van der Waals surface area contributed by atoms with Crippen LogP contribution in [-0.4, -0.2) is 50.0 Å². The fraction of sp³-hybridized carbons (Fsp3) is 0.800. The first kappa shape index (κ1) is 17.6. The molecule has 8 nitrogen and oxygen atoms in total. The number of sulfonamides is 1. The molecule has 0 aromatic heterocycles. The second-order valence-corrected chi connectivity index (χ2v) is 6.64. The Balaban J connectivity index is 3.77. The van der Waals surface area contributed by atoms with Crippen molar-refractivity contribution in [2.24, 2.45) is 0 Å². The monoisotopic (exact) mass is 296 g/mol. The van der Waals surface area contributed by atoms with Crippen LogP contribution >= 0.6 is 0 Å². The number of carboxylic acid groups (broad SMARTS) is 1. The first-order valence-electron chi connectivity index (χ1n) is 5.68. The minimum atomic E-state index is -3.80. The molecule has 0 bridgehead atoms. The minimum Gasteiger partial charge on any atom is -0.480 e. The van der Waals surface area contributed by atoms with Gasteiger partial charge in [0.1, 0.15) is 5.60 Å². The molecule has 1 amide bonds. The second-order valence-electron chi connectivity index (χ2n) is 4.83. The number of hydrogen-bond donors (Lipinski definition) is 3. The number of carboxylic acids is 1. The molecule has 0 rings (SSSR count). The van der Waals surface area contributed by atoms with Crippen LogP contribution in [0.4, 0.5) is 4.79 Å². The summed E-state index contributed by atoms with van der Waals surface area (Å²) in [6.45, 7) is 5.46. The number of nitrogens with one attached hydrogen (secondary N) is 2. The summed E-state index contributed by atoms with van der Waals surface area (Å²) in [6.07, 6.45) is -0.251. The Morgan fingerprint density at radius 2 is 1.79 bits per heavy atom. The topological polar surface area (TPSA) is 122 Å². The maximum atomic E-state index is 11.2. The molecular formula is C10H20N2O6S. The average molecular weight is 296 g/mol. The number of ether oxygens (including phenoxy) is 1. The molecule has 0 aliphatic rings. The van der Waals surface area contributed by atoms with Gasteiger partial charge in [-0.3, -0.25) is 4.79 Å². The van der Waals surface area contributed by atoms with Crippen molar-refractivity contribution in [2.75, 3.05) is 18.8 Å². The molecule has 0 saturated heterocycles. The predicted octanol–water partition coefficient (Wildman–Crippen LogP) is -0.0948. The first-order valence-corrected chi connectivity index (χ1v) is 7.33. The van der Waals surface area contributed by atoms with Crippen LogP contribution in [0.15, 0.2) is 0 Å². The lowest BCUT2D eigenvalue weighted by Crippen LogP contribution is -2.35. The second kappa shape index (κ2) is 7.29. The number of carbonyl (C=O) groups excluding carboxylic acids is 1. The van der Waals surface area contributed by atoms with Gasteiger partial charge in [-0.15, -0.1) is 0 Å². The molecule has 19 heavy (non-hydrogen) atoms. The molecule has 112 valence electrons. The predicted molar refractivity (Wildman–Crippen MR) is 68.3 cm³/mol. The molecule has 0 heterocycles. The Morgan fingerprint density at radius 3 is 2.26 bits per heavy atom. The molecule has 0 saturated carbocycles. The molecule has 0 aliphatic heterocycles. The first-order chi connectivity index (χ1) is 8.52. The van der Waals surface area contributed by atoms with Crippen molar-refractivity contribution < 1.29 is 27.9 Å². The number of alkyl carbamates (subject to hydrolysis) is 1. The van der Waals surface area contributed by atoms with Crippen LogP contribution in [0.25, 0.3) is 0 Å². The van der Waals surface area contributed by atoms with E-state index in [-0.39, 0.29) is 13.1 Å². The molecule has 0 radical (unpaired) electrons. The van der Waals surface area contributed by atoms with Gasteiger partial charge in [0, 0.05) is 13.1 Å². The summed E-state index contributed by atoms with van der Waals surface area (Å²) in [6, 6.07) is 0. The van der Waals surface area contributed by atoms with Crippen LogP contribution in [0.1, 0.15) is 27.2 Å². The van der Waals surface area contributed by atoms with Gasteiger partial charge in [0.2, 0.25) is 10.0 Å². The van der Waals surface area contributed by atoms with E-state index < -0.39 is 33.4 Å². The Kier molecular flexibility index (Phi) is 6.77. The third-order valence-electron chi connectivity index (χ3n) is 1.66. The smallest absolute Gasteiger partial charge is 0.407 e. The molecule has 0 spiro atoms. The largest absolute Gasteiger partial charge is 0.480 e. The van der Waals surface area contributed by atoms with Crippen molar-refractivity contribution in [2.45, 2.75) is 32.8 Å². The SMILES string of the molecule is CC(C)(C)OC(=O)NCCCNS(=O)(=O)CC(=O)O. The molecule has 9 heteroatoms. The summed E-state index contributed by atoms with van der Waals surface area (Å²) in [5, 5.41) is 10.8. The molecule has 0 unspecified atom stereocenters. The average Bonchev–Trinajstić information content (AvgIpc) is 2.11. The maximum Gasteiger partial charge on any atom is 0.407 e. The standard InChI is InChI=1S/C10H20N2O6S/c1-10(2,3)18-9(15)11-5-4-6-12-19(16,17)7-8(13)14/h12H,4-7H2,1-3H3,(H,11,15)(H,13,14). The fourth-order valence-corrected chi connectivity index (χ4v) is 1.92. The van der Waals surface area contributed by atoms with Gasteiger partial charge >= 0.3 is 12.1 Å². The van der Waals surface area contributed by atoms with Crippen LogP contribution in [0.3, 0.4) is 0 Å². The highest BCUT2D eigenvalue weighted by molar-refractivity contribution is 7.90. The lowest BCUT2D eigenvalue weighted by Gasteiger charge is -2.19. The summed E-state index contributed by atoms with van der Waals surface area (Å²) in [5.41, 5.74) is -0.590. The van der Waals surface area contributed by atoms with Crippen LogP contribution in [0.5, 0.6) is 0 Å². The van der Waals surface area contributed by atoms with E-state index in [0.29, 0.717) is 6.42 Å². The number of aliphatic carboxylic acids is 1. The van der Waals surface area contributed by atoms with Crippen molar-refractivity contribution in [1.29, 1.82) is 0 Å². The van der Waals surface area contributed by atoms with Crippen LogP contribution in [0.2, 0.25) is 0 Å². The van der Waals surface area contributed by atoms with Gasteiger partial charge in [-0.1, -0.05) is 0 Å². The quantitative estimate of drug-likeness (QED) is 0.564. The highest BCUT2D eigenvalue weighted by Gasteiger charge is 2.16. The Morgan fingerprint density at radius 1 is 1.21 bits per heavy atom. The van der Waals surface area contributed by atoms with Gasteiger partial charge in [0.25, 0.3) is 0 Å². The van der Waals surface area contributed by atoms with E-state index in [1.54, 1.807) is 20.8 Å². The molecule has 0 aromatic carbocycles. The zero-order chi connectivity index (χ0) is 15.1. The normalized spacial score (nSPS) is 11.9. The van der Waals surface area contributed by atoms with E-state index in [1.165, 1.54) is 0 Å². The molecule has 0 fully saturated rings. The van der Waals surface area contributed by atoms with Crippen molar-refractivity contribution in [3.05, 3.63) is 0 Å². The van der Waals surface area contributed by atoms with Gasteiger partial charge in [0.05, 0.1) is 0 Å². The van der Waals surface area contributed by atoms with Crippen molar-refractivity contribution >= 4 is 22.1 Å². The lowest BCUT2D eigenvalue weighted by molar-refractivity contribution is -0.134. The number of rotatable bonds is 7. The molecule has 0 aromatic rings. The molecular weight excluding hydrogens is 276 g/mol. The van der Waals surface area contributed by atoms with Gasteiger partial charge in [-0.25, -0.2) is 17.9 Å². The third kappa shape index (κ3) is 11.5. The van der Waals surface area contributed by atoms with E-state index in [9.17, 15) is 18.0 Å². The third-order valence-corrected chi connectivity index (χ3v) is 2.93. The van der Waals surface area contributed by atoms with Gasteiger partial charge in [-0.2, -0.15) is 0 Å². The van der Waals surface area contributed by atoms with E-state index in [4.69, 9.17) is 9.84 Å².